The summed E-state index contributed by atoms with van der Waals surface area (Å²) < 4.78 is 16.3. The molecule has 41 heavy (non-hydrogen) atoms. The Labute approximate surface area is 237 Å². The second-order valence-electron chi connectivity index (χ2n) is 9.07. The fourth-order valence-corrected chi connectivity index (χ4v) is 3.77. The van der Waals surface area contributed by atoms with Crippen molar-refractivity contribution in [2.45, 2.75) is 51.4 Å². The molecule has 0 saturated carbocycles. The van der Waals surface area contributed by atoms with Crippen molar-refractivity contribution in [3.63, 3.8) is 0 Å². The summed E-state index contributed by atoms with van der Waals surface area (Å²) in [6, 6.07) is 4.91. The van der Waals surface area contributed by atoms with Crippen LogP contribution >= 0.6 is 0 Å². The van der Waals surface area contributed by atoms with Gasteiger partial charge in [0.15, 0.2) is 17.2 Å². The Morgan fingerprint density at radius 3 is 2.78 bits per heavy atom. The standard InChI is InChI=1S/C29H34N2O10/c1-19-12-13-21-7-4-11-26-28(21)29(35)40-23(10-5-8-22(30)9-6-16-38-31(36-3)41-26)17-27(34)39-24(14-15-25(19)33)18-37-20(2)32/h4-9,11-12,14-16,23-25,33H,10,13,17-18,30H2,1-3H3/b8-5+,15-14+,16-6-,19-12-,22-9-. The molecule has 0 saturated heterocycles. The molecule has 3 atom stereocenters. The Kier molecular flexibility index (Phi) is 11.7. The number of hydrogen-bond acceptors (Lipinski definition) is 12. The van der Waals surface area contributed by atoms with Gasteiger partial charge >= 0.3 is 17.9 Å². The van der Waals surface area contributed by atoms with Gasteiger partial charge in [-0.05, 0) is 54.9 Å². The largest absolute Gasteiger partial charge is 0.462 e. The molecule has 2 bridgehead atoms. The number of nitrogens with zero attached hydrogens (tertiary/aromatic N) is 1. The van der Waals surface area contributed by atoms with Gasteiger partial charge in [-0.3, -0.25) is 9.59 Å². The first-order valence-corrected chi connectivity index (χ1v) is 12.8. The highest BCUT2D eigenvalue weighted by atomic mass is 17.2. The zero-order chi connectivity index (χ0) is 29.8. The normalized spacial score (nSPS) is 27.7. The van der Waals surface area contributed by atoms with Crippen LogP contribution in [0.25, 0.3) is 0 Å². The van der Waals surface area contributed by atoms with Crippen molar-refractivity contribution in [3.05, 3.63) is 89.4 Å². The summed E-state index contributed by atoms with van der Waals surface area (Å²) in [5, 5.41) is 11.4. The number of aliphatic hydroxyl groups excluding tert-OH is 1. The number of cyclic esters (lactones) is 1. The molecule has 0 amide bonds. The van der Waals surface area contributed by atoms with Gasteiger partial charge < -0.3 is 34.7 Å². The van der Waals surface area contributed by atoms with E-state index in [9.17, 15) is 19.5 Å². The lowest BCUT2D eigenvalue weighted by molar-refractivity contribution is -0.462. The SMILES string of the molecule is CON1O\C=C/C=C(N)/C=C/CC2CC(=O)OC(COC(C)=O)/C=C/C(O)/C(C)=C\Cc3cccc(c3C(=O)O2)O1. The van der Waals surface area contributed by atoms with Gasteiger partial charge in [-0.2, -0.15) is 0 Å². The first kappa shape index (κ1) is 31.1. The molecule has 2 heterocycles. The van der Waals surface area contributed by atoms with E-state index in [1.54, 1.807) is 43.4 Å². The van der Waals surface area contributed by atoms with E-state index in [1.807, 2.05) is 0 Å². The summed E-state index contributed by atoms with van der Waals surface area (Å²) in [6.45, 7) is 2.68. The highest BCUT2D eigenvalue weighted by molar-refractivity contribution is 5.94. The van der Waals surface area contributed by atoms with Crippen LogP contribution < -0.4 is 10.6 Å². The topological polar surface area (TPSA) is 156 Å². The van der Waals surface area contributed by atoms with Crippen molar-refractivity contribution in [2.75, 3.05) is 13.7 Å². The number of aliphatic hydroxyl groups is 1. The van der Waals surface area contributed by atoms with E-state index in [2.05, 4.69) is 0 Å². The van der Waals surface area contributed by atoms with Crippen LogP contribution in [0, 0.1) is 0 Å². The minimum atomic E-state index is -1.04. The smallest absolute Gasteiger partial charge is 0.342 e. The van der Waals surface area contributed by atoms with Crippen LogP contribution in [-0.4, -0.2) is 60.4 Å². The summed E-state index contributed by atoms with van der Waals surface area (Å²) >= 11 is 0. The number of ether oxygens (including phenoxy) is 3. The third-order valence-corrected chi connectivity index (χ3v) is 5.88. The lowest BCUT2D eigenvalue weighted by Gasteiger charge is -2.21. The van der Waals surface area contributed by atoms with Crippen molar-refractivity contribution >= 4 is 17.9 Å². The van der Waals surface area contributed by atoms with Crippen LogP contribution in [0.2, 0.25) is 0 Å². The lowest BCUT2D eigenvalue weighted by atomic mass is 10.0. The average Bonchev–Trinajstić information content (AvgIpc) is 2.93. The first-order chi connectivity index (χ1) is 19.7. The van der Waals surface area contributed by atoms with E-state index in [-0.39, 0.29) is 37.2 Å². The van der Waals surface area contributed by atoms with Crippen molar-refractivity contribution in [3.8, 4) is 5.75 Å². The number of carbonyl (C=O) groups excluding carboxylic acids is 3. The van der Waals surface area contributed by atoms with Crippen LogP contribution in [0.4, 0.5) is 0 Å². The van der Waals surface area contributed by atoms with Crippen LogP contribution in [0.15, 0.2) is 78.3 Å². The number of esters is 3. The maximum Gasteiger partial charge on any atom is 0.342 e. The zero-order valence-corrected chi connectivity index (χ0v) is 23.1. The van der Waals surface area contributed by atoms with E-state index in [4.69, 9.17) is 34.5 Å². The molecule has 12 nitrogen and oxygen atoms in total. The number of allylic oxidation sites excluding steroid dienone is 4. The second kappa shape index (κ2) is 15.4. The molecule has 0 aromatic heterocycles. The molecule has 0 fully saturated rings. The Morgan fingerprint density at radius 1 is 1.22 bits per heavy atom. The van der Waals surface area contributed by atoms with E-state index in [0.29, 0.717) is 22.2 Å². The summed E-state index contributed by atoms with van der Waals surface area (Å²) in [5.74, 6) is -2.00. The molecule has 1 aromatic carbocycles. The van der Waals surface area contributed by atoms with Crippen molar-refractivity contribution in [1.29, 1.82) is 0 Å². The quantitative estimate of drug-likeness (QED) is 0.312. The monoisotopic (exact) mass is 570 g/mol. The molecule has 220 valence electrons. The van der Waals surface area contributed by atoms with Gasteiger partial charge in [-0.1, -0.05) is 30.4 Å². The molecular weight excluding hydrogens is 536 g/mol. The van der Waals surface area contributed by atoms with Gasteiger partial charge in [0.2, 0.25) is 0 Å². The Bertz CT molecular complexity index is 1250. The van der Waals surface area contributed by atoms with Crippen LogP contribution in [0.5, 0.6) is 5.75 Å². The van der Waals surface area contributed by atoms with Gasteiger partial charge in [0.05, 0.1) is 19.6 Å². The molecule has 3 unspecified atom stereocenters. The number of rotatable bonds is 3. The van der Waals surface area contributed by atoms with E-state index in [0.717, 1.165) is 0 Å². The summed E-state index contributed by atoms with van der Waals surface area (Å²) in [5.41, 5.74) is 7.47. The zero-order valence-electron chi connectivity index (χ0n) is 23.1. The molecule has 3 N–H and O–H groups in total. The molecule has 12 heteroatoms. The highest BCUT2D eigenvalue weighted by Crippen LogP contribution is 2.27. The molecule has 2 aliphatic rings. The van der Waals surface area contributed by atoms with Gasteiger partial charge in [0, 0.05) is 19.0 Å². The number of nitrogens with two attached hydrogens (primary N) is 1. The Hall–Kier alpha value is -4.39. The van der Waals surface area contributed by atoms with Crippen molar-refractivity contribution in [1.82, 2.24) is 5.39 Å². The number of benzene rings is 1. The third kappa shape index (κ3) is 9.94. The molecule has 3 rings (SSSR count). The maximum atomic E-state index is 13.6. The van der Waals surface area contributed by atoms with E-state index in [1.165, 1.54) is 44.6 Å². The molecule has 0 spiro atoms. The van der Waals surface area contributed by atoms with Crippen LogP contribution in [0.3, 0.4) is 0 Å². The Morgan fingerprint density at radius 2 is 2.02 bits per heavy atom. The number of carbonyl (C=O) groups is 3. The predicted molar refractivity (Wildman–Crippen MR) is 145 cm³/mol. The van der Waals surface area contributed by atoms with Gasteiger partial charge in [0.1, 0.15) is 24.5 Å². The molecule has 2 aliphatic heterocycles. The van der Waals surface area contributed by atoms with E-state index < -0.39 is 36.2 Å². The van der Waals surface area contributed by atoms with Crippen LogP contribution in [0.1, 0.15) is 42.6 Å². The minimum Gasteiger partial charge on any atom is -0.462 e. The minimum absolute atomic E-state index is 0.0572. The highest BCUT2D eigenvalue weighted by Gasteiger charge is 2.27. The summed E-state index contributed by atoms with van der Waals surface area (Å²) in [4.78, 5) is 54.1. The molecule has 1 aromatic rings. The van der Waals surface area contributed by atoms with Crippen molar-refractivity contribution < 1.29 is 48.2 Å². The maximum absolute atomic E-state index is 13.6. The van der Waals surface area contributed by atoms with Gasteiger partial charge in [0.25, 0.3) is 0 Å². The first-order valence-electron chi connectivity index (χ1n) is 12.8. The summed E-state index contributed by atoms with van der Waals surface area (Å²) in [6.07, 6.45) is 9.24. The number of fused-ring (bicyclic) bond motifs is 2. The van der Waals surface area contributed by atoms with Crippen LogP contribution in [-0.2, 0) is 39.9 Å². The summed E-state index contributed by atoms with van der Waals surface area (Å²) in [7, 11) is 1.30. The van der Waals surface area contributed by atoms with E-state index >= 15 is 0 Å². The lowest BCUT2D eigenvalue weighted by Crippen LogP contribution is -2.29. The van der Waals surface area contributed by atoms with Gasteiger partial charge in [-0.25, -0.2) is 9.63 Å². The average molecular weight is 571 g/mol. The Balaban J connectivity index is 2.09. The fourth-order valence-electron chi connectivity index (χ4n) is 3.77. The molecule has 0 radical (unpaired) electrons. The fraction of sp³-hybridized carbons (Fsp3) is 0.345. The van der Waals surface area contributed by atoms with Gasteiger partial charge in [-0.15, -0.1) is 0 Å². The molecular formula is C29H34N2O10. The second-order valence-corrected chi connectivity index (χ2v) is 9.07. The number of hydrogen-bond donors (Lipinski definition) is 2. The third-order valence-electron chi connectivity index (χ3n) is 5.88. The van der Waals surface area contributed by atoms with Crippen molar-refractivity contribution in [2.24, 2.45) is 5.73 Å². The molecule has 0 aliphatic carbocycles. The predicted octanol–water partition coefficient (Wildman–Crippen LogP) is 2.90.